The zero-order valence-corrected chi connectivity index (χ0v) is 21.6. The molecule has 0 amide bonds. The fraction of sp³-hybridized carbons (Fsp3) is 0.367. The van der Waals surface area contributed by atoms with E-state index in [1.807, 2.05) is 22.8 Å². The summed E-state index contributed by atoms with van der Waals surface area (Å²) >= 11 is 0. The molecule has 1 saturated heterocycles. The maximum absolute atomic E-state index is 13.0. The standard InChI is InChI=1S/C30H30N4O4/c1-3-37-29(36)30(19(2)35)15-21-13-23(20-9-5-4-6-10-20)24(14-22(21)16-30)26-27-28(32-17-31-26)34(18-33-27)25-11-7-8-12-38-25/h4-6,9-10,13-14,17-18,25H,3,7-8,11-12,15-16H2,1-2H3. The van der Waals surface area contributed by atoms with Gasteiger partial charge in [0.2, 0.25) is 0 Å². The number of benzene rings is 2. The lowest BCUT2D eigenvalue weighted by Gasteiger charge is -2.23. The minimum atomic E-state index is -1.20. The van der Waals surface area contributed by atoms with Crippen molar-refractivity contribution < 1.29 is 19.1 Å². The first kappa shape index (κ1) is 24.4. The van der Waals surface area contributed by atoms with Crippen molar-refractivity contribution in [3.8, 4) is 22.4 Å². The molecule has 0 saturated carbocycles. The topological polar surface area (TPSA) is 96.2 Å². The highest BCUT2D eigenvalue weighted by Crippen LogP contribution is 2.44. The highest BCUT2D eigenvalue weighted by molar-refractivity contribution is 6.04. The average Bonchev–Trinajstić information content (AvgIpc) is 3.56. The molecule has 2 aromatic heterocycles. The minimum absolute atomic E-state index is 0.0918. The van der Waals surface area contributed by atoms with Crippen molar-refractivity contribution in [2.75, 3.05) is 13.2 Å². The normalized spacial score (nSPS) is 20.8. The molecule has 4 aromatic rings. The first-order valence-electron chi connectivity index (χ1n) is 13.2. The Morgan fingerprint density at radius 3 is 2.50 bits per heavy atom. The van der Waals surface area contributed by atoms with Crippen molar-refractivity contribution in [3.05, 3.63) is 66.2 Å². The molecule has 2 atom stereocenters. The summed E-state index contributed by atoms with van der Waals surface area (Å²) in [6.45, 7) is 4.20. The van der Waals surface area contributed by atoms with Gasteiger partial charge in [0.1, 0.15) is 35.0 Å². The largest absolute Gasteiger partial charge is 0.465 e. The van der Waals surface area contributed by atoms with Crippen LogP contribution in [0.2, 0.25) is 0 Å². The predicted octanol–water partition coefficient (Wildman–Crippen LogP) is 5.10. The van der Waals surface area contributed by atoms with Crippen LogP contribution in [0.25, 0.3) is 33.5 Å². The lowest BCUT2D eigenvalue weighted by atomic mass is 9.81. The number of rotatable bonds is 6. The van der Waals surface area contributed by atoms with E-state index in [0.29, 0.717) is 24.1 Å². The monoisotopic (exact) mass is 510 g/mol. The summed E-state index contributed by atoms with van der Waals surface area (Å²) in [4.78, 5) is 39.9. The molecule has 0 radical (unpaired) electrons. The minimum Gasteiger partial charge on any atom is -0.465 e. The van der Waals surface area contributed by atoms with Crippen LogP contribution in [0.3, 0.4) is 0 Å². The Bertz CT molecular complexity index is 1520. The van der Waals surface area contributed by atoms with Gasteiger partial charge in [-0.15, -0.1) is 0 Å². The average molecular weight is 511 g/mol. The van der Waals surface area contributed by atoms with Gasteiger partial charge in [0.05, 0.1) is 12.9 Å². The molecular weight excluding hydrogens is 480 g/mol. The quantitative estimate of drug-likeness (QED) is 0.263. The molecule has 1 fully saturated rings. The van der Waals surface area contributed by atoms with Crippen LogP contribution in [0.15, 0.2) is 55.1 Å². The van der Waals surface area contributed by atoms with Crippen molar-refractivity contribution in [1.29, 1.82) is 0 Å². The second kappa shape index (κ2) is 9.76. The molecule has 6 rings (SSSR count). The second-order valence-electron chi connectivity index (χ2n) is 10.1. The Hall–Kier alpha value is -3.91. The number of hydrogen-bond donors (Lipinski definition) is 0. The van der Waals surface area contributed by atoms with Crippen molar-refractivity contribution in [1.82, 2.24) is 19.5 Å². The van der Waals surface area contributed by atoms with Crippen molar-refractivity contribution in [3.63, 3.8) is 0 Å². The molecule has 0 N–H and O–H groups in total. The van der Waals surface area contributed by atoms with Crippen LogP contribution in [-0.2, 0) is 31.9 Å². The lowest BCUT2D eigenvalue weighted by molar-refractivity contribution is -0.159. The molecule has 3 heterocycles. The number of carbonyl (C=O) groups is 2. The number of Topliss-reactive ketones (excluding diaryl/α,β-unsaturated/α-hetero) is 1. The first-order valence-corrected chi connectivity index (χ1v) is 13.2. The number of nitrogens with zero attached hydrogens (tertiary/aromatic N) is 4. The smallest absolute Gasteiger partial charge is 0.320 e. The summed E-state index contributed by atoms with van der Waals surface area (Å²) in [6.07, 6.45) is 6.97. The van der Waals surface area contributed by atoms with Crippen LogP contribution in [-0.4, -0.2) is 44.5 Å². The zero-order chi connectivity index (χ0) is 26.3. The number of ketones is 1. The summed E-state index contributed by atoms with van der Waals surface area (Å²) < 4.78 is 13.4. The Kier molecular flexibility index (Phi) is 6.27. The summed E-state index contributed by atoms with van der Waals surface area (Å²) in [5, 5.41) is 0. The van der Waals surface area contributed by atoms with Gasteiger partial charge in [-0.25, -0.2) is 15.0 Å². The molecular formula is C30H30N4O4. The molecule has 2 aliphatic rings. The maximum Gasteiger partial charge on any atom is 0.320 e. The molecule has 8 nitrogen and oxygen atoms in total. The van der Waals surface area contributed by atoms with Gasteiger partial charge >= 0.3 is 5.97 Å². The lowest BCUT2D eigenvalue weighted by Crippen LogP contribution is -2.40. The molecule has 2 aromatic carbocycles. The van der Waals surface area contributed by atoms with E-state index in [-0.39, 0.29) is 18.6 Å². The maximum atomic E-state index is 13.0. The highest BCUT2D eigenvalue weighted by Gasteiger charge is 2.49. The summed E-state index contributed by atoms with van der Waals surface area (Å²) in [5.74, 6) is -0.632. The summed E-state index contributed by atoms with van der Waals surface area (Å²) in [6, 6.07) is 14.2. The first-order chi connectivity index (χ1) is 18.5. The van der Waals surface area contributed by atoms with E-state index in [9.17, 15) is 9.59 Å². The molecule has 194 valence electrons. The molecule has 8 heteroatoms. The number of fused-ring (bicyclic) bond motifs is 2. The van der Waals surface area contributed by atoms with E-state index < -0.39 is 11.4 Å². The number of ether oxygens (including phenoxy) is 2. The summed E-state index contributed by atoms with van der Waals surface area (Å²) in [5.41, 5.74) is 5.73. The van der Waals surface area contributed by atoms with Crippen LogP contribution in [0.5, 0.6) is 0 Å². The second-order valence-corrected chi connectivity index (χ2v) is 10.1. The Balaban J connectivity index is 1.52. The number of esters is 1. The van der Waals surface area contributed by atoms with Gasteiger partial charge in [-0.3, -0.25) is 14.2 Å². The number of carbonyl (C=O) groups excluding carboxylic acids is 2. The predicted molar refractivity (Wildman–Crippen MR) is 142 cm³/mol. The highest BCUT2D eigenvalue weighted by atomic mass is 16.5. The van der Waals surface area contributed by atoms with E-state index in [4.69, 9.17) is 19.4 Å². The van der Waals surface area contributed by atoms with Crippen molar-refractivity contribution >= 4 is 22.9 Å². The Labute approximate surface area is 221 Å². The molecule has 0 spiro atoms. The Morgan fingerprint density at radius 1 is 1.05 bits per heavy atom. The van der Waals surface area contributed by atoms with Gasteiger partial charge < -0.3 is 9.47 Å². The molecule has 1 aliphatic carbocycles. The van der Waals surface area contributed by atoms with Gasteiger partial charge in [-0.2, -0.15) is 0 Å². The van der Waals surface area contributed by atoms with Crippen LogP contribution in [0.4, 0.5) is 0 Å². The number of hydrogen-bond acceptors (Lipinski definition) is 7. The number of imidazole rings is 1. The fourth-order valence-electron chi connectivity index (χ4n) is 5.79. The third-order valence-corrected chi connectivity index (χ3v) is 7.83. The van der Waals surface area contributed by atoms with Gasteiger partial charge in [-0.05, 0) is 74.3 Å². The molecule has 2 unspecified atom stereocenters. The van der Waals surface area contributed by atoms with Crippen molar-refractivity contribution in [2.45, 2.75) is 52.2 Å². The van der Waals surface area contributed by atoms with E-state index in [1.54, 1.807) is 19.6 Å². The van der Waals surface area contributed by atoms with Gasteiger partial charge in [0.25, 0.3) is 0 Å². The van der Waals surface area contributed by atoms with Crippen LogP contribution in [0, 0.1) is 5.41 Å². The third-order valence-electron chi connectivity index (χ3n) is 7.83. The van der Waals surface area contributed by atoms with Gasteiger partial charge in [0, 0.05) is 12.2 Å². The zero-order valence-electron chi connectivity index (χ0n) is 21.6. The van der Waals surface area contributed by atoms with E-state index >= 15 is 0 Å². The van der Waals surface area contributed by atoms with Crippen molar-refractivity contribution in [2.24, 2.45) is 5.41 Å². The van der Waals surface area contributed by atoms with E-state index in [0.717, 1.165) is 59.3 Å². The van der Waals surface area contributed by atoms with E-state index in [1.165, 1.54) is 6.92 Å². The van der Waals surface area contributed by atoms with Crippen LogP contribution >= 0.6 is 0 Å². The SMILES string of the molecule is CCOC(=O)C1(C(C)=O)Cc2cc(-c3ccccc3)c(-c3ncnc4c3ncn4C3CCCCO3)cc2C1. The van der Waals surface area contributed by atoms with Gasteiger partial charge in [0.15, 0.2) is 5.65 Å². The number of aromatic nitrogens is 4. The third kappa shape index (κ3) is 4.00. The van der Waals surface area contributed by atoms with Crippen LogP contribution in [0.1, 0.15) is 50.5 Å². The molecule has 1 aliphatic heterocycles. The van der Waals surface area contributed by atoms with E-state index in [2.05, 4.69) is 29.2 Å². The Morgan fingerprint density at radius 2 is 1.82 bits per heavy atom. The fourth-order valence-corrected chi connectivity index (χ4v) is 5.79. The molecule has 0 bridgehead atoms. The molecule has 38 heavy (non-hydrogen) atoms. The van der Waals surface area contributed by atoms with Gasteiger partial charge in [-0.1, -0.05) is 36.4 Å². The van der Waals surface area contributed by atoms with Crippen LogP contribution < -0.4 is 0 Å². The summed E-state index contributed by atoms with van der Waals surface area (Å²) in [7, 11) is 0.